The van der Waals surface area contributed by atoms with E-state index in [0.29, 0.717) is 26.8 Å². The lowest BCUT2D eigenvalue weighted by atomic mass is 9.94. The molecule has 35 heavy (non-hydrogen) atoms. The van der Waals surface area contributed by atoms with Crippen LogP contribution in [0.4, 0.5) is 5.69 Å². The van der Waals surface area contributed by atoms with E-state index in [4.69, 9.17) is 0 Å². The molecule has 1 amide bonds. The topological polar surface area (TPSA) is 90.7 Å². The summed E-state index contributed by atoms with van der Waals surface area (Å²) in [4.78, 5) is 33.5. The van der Waals surface area contributed by atoms with Crippen LogP contribution in [0.2, 0.25) is 0 Å². The predicted octanol–water partition coefficient (Wildman–Crippen LogP) is 5.92. The first kappa shape index (κ1) is 22.6. The molecule has 0 aliphatic carbocycles. The number of carbonyl (C=O) groups is 2. The number of thiazole rings is 1. The third-order valence-electron chi connectivity index (χ3n) is 5.97. The van der Waals surface area contributed by atoms with Crippen LogP contribution in [-0.2, 0) is 4.79 Å². The zero-order valence-electron chi connectivity index (χ0n) is 19.1. The number of rotatable bonds is 5. The Morgan fingerprint density at radius 2 is 1.66 bits per heavy atom. The van der Waals surface area contributed by atoms with Crippen molar-refractivity contribution >= 4 is 28.7 Å². The van der Waals surface area contributed by atoms with Crippen LogP contribution in [0, 0.1) is 13.8 Å². The lowest BCUT2D eigenvalue weighted by Crippen LogP contribution is -2.31. The van der Waals surface area contributed by atoms with E-state index in [1.807, 2.05) is 49.4 Å². The van der Waals surface area contributed by atoms with Gasteiger partial charge in [0.05, 0.1) is 22.2 Å². The number of ketones is 1. The fraction of sp³-hybridized carbons (Fsp3) is 0.107. The number of aryl methyl sites for hydroxylation is 2. The molecule has 0 spiro atoms. The number of phenols is 1. The zero-order chi connectivity index (χ0) is 24.7. The van der Waals surface area contributed by atoms with Gasteiger partial charge in [0.15, 0.2) is 5.76 Å². The van der Waals surface area contributed by atoms with Crippen molar-refractivity contribution in [2.75, 3.05) is 4.90 Å². The van der Waals surface area contributed by atoms with Crippen LogP contribution in [0.25, 0.3) is 10.6 Å². The van der Waals surface area contributed by atoms with Gasteiger partial charge < -0.3 is 10.2 Å². The van der Waals surface area contributed by atoms with Crippen LogP contribution in [0.1, 0.15) is 32.5 Å². The monoisotopic (exact) mass is 482 g/mol. The first-order chi connectivity index (χ1) is 16.8. The summed E-state index contributed by atoms with van der Waals surface area (Å²) in [6.45, 7) is 3.68. The lowest BCUT2D eigenvalue weighted by molar-refractivity contribution is -0.117. The van der Waals surface area contributed by atoms with Crippen molar-refractivity contribution in [3.8, 4) is 16.3 Å². The van der Waals surface area contributed by atoms with Crippen molar-refractivity contribution in [1.29, 1.82) is 0 Å². The number of benzene rings is 3. The minimum atomic E-state index is -0.911. The molecule has 3 aromatic carbocycles. The summed E-state index contributed by atoms with van der Waals surface area (Å²) in [5.74, 6) is -1.73. The molecule has 6 nitrogen and oxygen atoms in total. The van der Waals surface area contributed by atoms with E-state index in [-0.39, 0.29) is 11.3 Å². The normalized spacial score (nSPS) is 15.7. The average Bonchev–Trinajstić information content (AvgIpc) is 3.37. The predicted molar refractivity (Wildman–Crippen MR) is 136 cm³/mol. The number of aliphatic hydroxyl groups excluding tert-OH is 1. The molecular weight excluding hydrogens is 460 g/mol. The summed E-state index contributed by atoms with van der Waals surface area (Å²) in [7, 11) is 0. The molecular formula is C28H22N2O4S. The molecule has 0 saturated carbocycles. The van der Waals surface area contributed by atoms with E-state index in [1.165, 1.54) is 28.4 Å². The largest absolute Gasteiger partial charge is 0.508 e. The van der Waals surface area contributed by atoms with Crippen molar-refractivity contribution in [2.45, 2.75) is 19.9 Å². The molecule has 1 unspecified atom stereocenters. The molecule has 174 valence electrons. The molecule has 0 saturated heterocycles. The highest BCUT2D eigenvalue weighted by molar-refractivity contribution is 7.17. The van der Waals surface area contributed by atoms with E-state index in [0.717, 1.165) is 11.1 Å². The number of phenolic OH excluding ortho intramolecular Hbond substituents is 1. The van der Waals surface area contributed by atoms with Gasteiger partial charge in [0.2, 0.25) is 5.78 Å². The number of hydrogen-bond acceptors (Lipinski definition) is 6. The molecule has 0 radical (unpaired) electrons. The van der Waals surface area contributed by atoms with Crippen LogP contribution in [0.15, 0.2) is 90.2 Å². The van der Waals surface area contributed by atoms with E-state index in [1.54, 1.807) is 31.2 Å². The molecule has 1 aliphatic rings. The molecule has 2 N–H and O–H groups in total. The Labute approximate surface area is 206 Å². The Bertz CT molecular complexity index is 1470. The van der Waals surface area contributed by atoms with Crippen LogP contribution in [-0.4, -0.2) is 26.9 Å². The van der Waals surface area contributed by atoms with Gasteiger partial charge in [0.1, 0.15) is 10.8 Å². The number of aromatic nitrogens is 1. The van der Waals surface area contributed by atoms with Crippen molar-refractivity contribution < 1.29 is 19.8 Å². The Kier molecular flexibility index (Phi) is 5.70. The molecule has 0 fully saturated rings. The van der Waals surface area contributed by atoms with Gasteiger partial charge >= 0.3 is 0 Å². The first-order valence-electron chi connectivity index (χ1n) is 11.0. The Morgan fingerprint density at radius 3 is 2.34 bits per heavy atom. The van der Waals surface area contributed by atoms with Crippen molar-refractivity contribution in [1.82, 2.24) is 4.98 Å². The van der Waals surface area contributed by atoms with Gasteiger partial charge in [0, 0.05) is 11.3 Å². The lowest BCUT2D eigenvalue weighted by Gasteiger charge is -2.27. The maximum atomic E-state index is 13.9. The quantitative estimate of drug-likeness (QED) is 0.345. The summed E-state index contributed by atoms with van der Waals surface area (Å²) in [5, 5.41) is 21.8. The summed E-state index contributed by atoms with van der Waals surface area (Å²) in [6.07, 6.45) is 0. The Balaban J connectivity index is 1.64. The third kappa shape index (κ3) is 4.00. The second-order valence-electron chi connectivity index (χ2n) is 8.40. The van der Waals surface area contributed by atoms with E-state index >= 15 is 0 Å². The highest BCUT2D eigenvalue weighted by Crippen LogP contribution is 2.43. The maximum absolute atomic E-state index is 13.9. The summed E-state index contributed by atoms with van der Waals surface area (Å²) < 4.78 is 0. The second-order valence-corrected chi connectivity index (χ2v) is 9.40. The average molecular weight is 483 g/mol. The van der Waals surface area contributed by atoms with E-state index in [2.05, 4.69) is 4.98 Å². The van der Waals surface area contributed by atoms with Crippen LogP contribution in [0.3, 0.4) is 0 Å². The Hall–Kier alpha value is -4.23. The molecule has 2 heterocycles. The number of nitrogens with zero attached hydrogens (tertiary/aromatic N) is 2. The molecule has 1 aromatic heterocycles. The van der Waals surface area contributed by atoms with Gasteiger partial charge in [-0.25, -0.2) is 4.98 Å². The number of anilines is 1. The van der Waals surface area contributed by atoms with Gasteiger partial charge in [-0.15, -0.1) is 11.3 Å². The molecule has 4 aromatic rings. The smallest absolute Gasteiger partial charge is 0.294 e. The Morgan fingerprint density at radius 1 is 0.943 bits per heavy atom. The minimum Gasteiger partial charge on any atom is -0.508 e. The molecule has 1 aliphatic heterocycles. The van der Waals surface area contributed by atoms with Crippen molar-refractivity contribution in [3.63, 3.8) is 0 Å². The van der Waals surface area contributed by atoms with Gasteiger partial charge in [-0.3, -0.25) is 14.5 Å². The van der Waals surface area contributed by atoms with Gasteiger partial charge in [0.25, 0.3) is 5.91 Å². The fourth-order valence-electron chi connectivity index (χ4n) is 4.25. The number of hydrogen-bond donors (Lipinski definition) is 2. The number of carbonyl (C=O) groups excluding carboxylic acids is 2. The minimum absolute atomic E-state index is 0.00247. The van der Waals surface area contributed by atoms with Crippen LogP contribution >= 0.6 is 11.3 Å². The number of amides is 1. The zero-order valence-corrected chi connectivity index (χ0v) is 19.9. The van der Waals surface area contributed by atoms with Gasteiger partial charge in [-0.2, -0.15) is 0 Å². The number of aliphatic hydroxyl groups is 1. The summed E-state index contributed by atoms with van der Waals surface area (Å²) >= 11 is 1.23. The van der Waals surface area contributed by atoms with Gasteiger partial charge in [-0.1, -0.05) is 60.2 Å². The van der Waals surface area contributed by atoms with Crippen LogP contribution in [0.5, 0.6) is 5.75 Å². The SMILES string of the molecule is Cc1ccc(N2C(=O)C(O)=C(C(=O)c3sc(-c4ccccc4)nc3C)C2c2cccc(O)c2)cc1. The molecule has 5 rings (SSSR count). The fourth-order valence-corrected chi connectivity index (χ4v) is 5.28. The van der Waals surface area contributed by atoms with E-state index in [9.17, 15) is 19.8 Å². The summed E-state index contributed by atoms with van der Waals surface area (Å²) in [5.41, 5.74) is 3.43. The highest BCUT2D eigenvalue weighted by Gasteiger charge is 2.45. The van der Waals surface area contributed by atoms with E-state index < -0.39 is 23.5 Å². The standard InChI is InChI=1S/C28H22N2O4S/c1-16-11-13-20(14-12-16)30-23(19-9-6-10-21(31)15-19)22(25(33)28(30)34)24(32)26-17(2)29-27(35-26)18-7-4-3-5-8-18/h3-15,23,31,33H,1-2H3. The van der Waals surface area contributed by atoms with Gasteiger partial charge in [-0.05, 0) is 43.7 Å². The van der Waals surface area contributed by atoms with Crippen molar-refractivity contribution in [3.05, 3.63) is 112 Å². The molecule has 0 bridgehead atoms. The third-order valence-corrected chi connectivity index (χ3v) is 7.18. The van der Waals surface area contributed by atoms with Crippen molar-refractivity contribution in [2.24, 2.45) is 0 Å². The highest BCUT2D eigenvalue weighted by atomic mass is 32.1. The number of Topliss-reactive ketones (excluding diaryl/α,β-unsaturated/α-hetero) is 1. The molecule has 1 atom stereocenters. The first-order valence-corrected chi connectivity index (χ1v) is 11.9. The molecule has 7 heteroatoms. The summed E-state index contributed by atoms with van der Waals surface area (Å²) in [6, 6.07) is 22.3. The van der Waals surface area contributed by atoms with Crippen LogP contribution < -0.4 is 4.90 Å². The number of aromatic hydroxyl groups is 1. The second kappa shape index (κ2) is 8.85. The maximum Gasteiger partial charge on any atom is 0.294 e.